The lowest BCUT2D eigenvalue weighted by atomic mass is 10.1. The van der Waals surface area contributed by atoms with E-state index in [0.29, 0.717) is 22.3 Å². The predicted molar refractivity (Wildman–Crippen MR) is 110 cm³/mol. The molecular formula is C22H28FN3O. The first kappa shape index (κ1) is 20.6. The third-order valence-corrected chi connectivity index (χ3v) is 4.38. The van der Waals surface area contributed by atoms with Crippen LogP contribution in [0.15, 0.2) is 47.6 Å². The van der Waals surface area contributed by atoms with Gasteiger partial charge in [-0.1, -0.05) is 32.1 Å². The molecule has 0 amide bonds. The topological polar surface area (TPSA) is 37.6 Å². The number of halogens is 1. The first-order valence-electron chi connectivity index (χ1n) is 9.44. The highest BCUT2D eigenvalue weighted by Gasteiger charge is 2.07. The number of aromatic nitrogens is 1. The Morgan fingerprint density at radius 1 is 1.19 bits per heavy atom. The standard InChI is InChI=1S/C22H28FN3O/c1-5-12-25(13-6-2)19-10-11-22(26(15-19)16-27)24-21(7-3)18-9-8-17(4)20(23)14-18/h7-11,14-16H,5-6,12-13H2,1-4H3/b21-7-,24-22-. The fraction of sp³-hybridized carbons (Fsp3) is 0.364. The molecule has 0 N–H and O–H groups in total. The number of carbonyl (C=O) groups excluding carboxylic acids is 1. The first-order chi connectivity index (χ1) is 13.0. The van der Waals surface area contributed by atoms with E-state index in [9.17, 15) is 9.18 Å². The second-order valence-electron chi connectivity index (χ2n) is 6.49. The number of nitrogens with zero attached hydrogens (tertiary/aromatic N) is 3. The average Bonchev–Trinajstić information content (AvgIpc) is 2.68. The zero-order valence-electron chi connectivity index (χ0n) is 16.6. The van der Waals surface area contributed by atoms with Gasteiger partial charge in [-0.25, -0.2) is 9.38 Å². The maximum atomic E-state index is 13.9. The van der Waals surface area contributed by atoms with Crippen LogP contribution in [-0.2, 0) is 4.79 Å². The monoisotopic (exact) mass is 369 g/mol. The van der Waals surface area contributed by atoms with Gasteiger partial charge in [0.05, 0.1) is 11.4 Å². The van der Waals surface area contributed by atoms with E-state index in [1.807, 2.05) is 31.2 Å². The highest BCUT2D eigenvalue weighted by atomic mass is 19.1. The molecule has 0 atom stereocenters. The van der Waals surface area contributed by atoms with E-state index < -0.39 is 0 Å². The normalized spacial score (nSPS) is 12.3. The van der Waals surface area contributed by atoms with Crippen LogP contribution in [0, 0.1) is 12.7 Å². The van der Waals surface area contributed by atoms with Crippen molar-refractivity contribution in [2.45, 2.75) is 40.5 Å². The Kier molecular flexibility index (Phi) is 7.53. The van der Waals surface area contributed by atoms with Crippen molar-refractivity contribution < 1.29 is 9.18 Å². The van der Waals surface area contributed by atoms with Crippen molar-refractivity contribution in [2.75, 3.05) is 18.0 Å². The Hall–Kier alpha value is -2.69. The molecule has 0 bridgehead atoms. The summed E-state index contributed by atoms with van der Waals surface area (Å²) in [4.78, 5) is 18.5. The van der Waals surface area contributed by atoms with Crippen LogP contribution in [0.25, 0.3) is 5.70 Å². The minimum Gasteiger partial charge on any atom is -0.370 e. The van der Waals surface area contributed by atoms with E-state index in [1.54, 1.807) is 19.2 Å². The largest absolute Gasteiger partial charge is 0.370 e. The number of pyridine rings is 1. The molecule has 0 saturated carbocycles. The molecule has 0 aliphatic carbocycles. The number of benzene rings is 1. The van der Waals surface area contributed by atoms with Crippen molar-refractivity contribution in [3.05, 3.63) is 65.0 Å². The molecule has 0 unspecified atom stereocenters. The molecule has 0 aliphatic heterocycles. The van der Waals surface area contributed by atoms with Crippen LogP contribution in [-0.4, -0.2) is 24.1 Å². The van der Waals surface area contributed by atoms with Gasteiger partial charge >= 0.3 is 0 Å². The third kappa shape index (κ3) is 5.16. The van der Waals surface area contributed by atoms with Gasteiger partial charge in [0.1, 0.15) is 11.3 Å². The molecule has 0 aliphatic rings. The van der Waals surface area contributed by atoms with Crippen LogP contribution < -0.4 is 10.4 Å². The molecule has 0 spiro atoms. The van der Waals surface area contributed by atoms with Crippen molar-refractivity contribution in [3.63, 3.8) is 0 Å². The summed E-state index contributed by atoms with van der Waals surface area (Å²) in [5.74, 6) is -0.268. The molecule has 0 saturated heterocycles. The van der Waals surface area contributed by atoms with Crippen LogP contribution in [0.2, 0.25) is 0 Å². The summed E-state index contributed by atoms with van der Waals surface area (Å²) in [6.07, 6.45) is 6.44. The minimum absolute atomic E-state index is 0.268. The van der Waals surface area contributed by atoms with Crippen molar-refractivity contribution in [3.8, 4) is 0 Å². The summed E-state index contributed by atoms with van der Waals surface area (Å²) in [6, 6.07) is 8.84. The number of aryl methyl sites for hydroxylation is 1. The van der Waals surface area contributed by atoms with E-state index in [0.717, 1.165) is 38.0 Å². The fourth-order valence-electron chi connectivity index (χ4n) is 2.95. The van der Waals surface area contributed by atoms with Gasteiger partial charge in [-0.3, -0.25) is 9.36 Å². The fourth-order valence-corrected chi connectivity index (χ4v) is 2.95. The number of allylic oxidation sites excluding steroid dienone is 1. The van der Waals surface area contributed by atoms with Crippen molar-refractivity contribution in [1.29, 1.82) is 0 Å². The van der Waals surface area contributed by atoms with Crippen LogP contribution >= 0.6 is 0 Å². The Bertz CT molecular complexity index is 877. The van der Waals surface area contributed by atoms with E-state index in [1.165, 1.54) is 10.6 Å². The average molecular weight is 369 g/mol. The minimum atomic E-state index is -0.268. The SMILES string of the molecule is C/C=C(\N=c1\ccc(N(CCC)CCC)cn1C=O)c1ccc(C)c(F)c1. The molecule has 2 rings (SSSR count). The number of hydrogen-bond acceptors (Lipinski definition) is 3. The lowest BCUT2D eigenvalue weighted by Crippen LogP contribution is -2.28. The zero-order chi connectivity index (χ0) is 19.8. The zero-order valence-corrected chi connectivity index (χ0v) is 16.6. The number of rotatable bonds is 8. The predicted octanol–water partition coefficient (Wildman–Crippen LogP) is 4.56. The summed E-state index contributed by atoms with van der Waals surface area (Å²) in [6.45, 7) is 9.72. The summed E-state index contributed by atoms with van der Waals surface area (Å²) < 4.78 is 15.4. The van der Waals surface area contributed by atoms with Crippen LogP contribution in [0.3, 0.4) is 0 Å². The Morgan fingerprint density at radius 3 is 2.44 bits per heavy atom. The summed E-state index contributed by atoms with van der Waals surface area (Å²) >= 11 is 0. The highest BCUT2D eigenvalue weighted by molar-refractivity contribution is 5.65. The molecule has 4 nitrogen and oxygen atoms in total. The molecule has 1 heterocycles. The molecule has 0 fully saturated rings. The molecule has 2 aromatic rings. The number of carbonyl (C=O) groups is 1. The second kappa shape index (κ2) is 9.86. The molecule has 5 heteroatoms. The Balaban J connectivity index is 2.46. The van der Waals surface area contributed by atoms with Crippen LogP contribution in [0.4, 0.5) is 10.1 Å². The van der Waals surface area contributed by atoms with E-state index in [2.05, 4.69) is 23.7 Å². The Labute approximate surface area is 160 Å². The maximum Gasteiger partial charge on any atom is 0.219 e. The lowest BCUT2D eigenvalue weighted by molar-refractivity contribution is 0.544. The van der Waals surface area contributed by atoms with Crippen LogP contribution in [0.1, 0.15) is 44.7 Å². The number of anilines is 1. The van der Waals surface area contributed by atoms with E-state index in [-0.39, 0.29) is 5.82 Å². The molecule has 27 heavy (non-hydrogen) atoms. The summed E-state index contributed by atoms with van der Waals surface area (Å²) in [5.41, 5.74) is 3.40. The van der Waals surface area contributed by atoms with Gasteiger partial charge in [0.15, 0.2) is 0 Å². The molecule has 0 radical (unpaired) electrons. The van der Waals surface area contributed by atoms with Gasteiger partial charge in [-0.05, 0) is 50.5 Å². The second-order valence-corrected chi connectivity index (χ2v) is 6.49. The maximum absolute atomic E-state index is 13.9. The first-order valence-corrected chi connectivity index (χ1v) is 9.44. The molecule has 1 aromatic carbocycles. The van der Waals surface area contributed by atoms with Gasteiger partial charge in [0.2, 0.25) is 6.41 Å². The van der Waals surface area contributed by atoms with Crippen molar-refractivity contribution in [1.82, 2.24) is 4.57 Å². The van der Waals surface area contributed by atoms with E-state index >= 15 is 0 Å². The van der Waals surface area contributed by atoms with Crippen LogP contribution in [0.5, 0.6) is 0 Å². The Morgan fingerprint density at radius 2 is 1.89 bits per heavy atom. The van der Waals surface area contributed by atoms with Gasteiger partial charge in [-0.15, -0.1) is 0 Å². The quantitative estimate of drug-likeness (QED) is 0.640. The van der Waals surface area contributed by atoms with E-state index in [4.69, 9.17) is 0 Å². The van der Waals surface area contributed by atoms with Crippen molar-refractivity contribution in [2.24, 2.45) is 4.99 Å². The van der Waals surface area contributed by atoms with Gasteiger partial charge in [-0.2, -0.15) is 0 Å². The number of hydrogen-bond donors (Lipinski definition) is 0. The smallest absolute Gasteiger partial charge is 0.219 e. The third-order valence-electron chi connectivity index (χ3n) is 4.38. The van der Waals surface area contributed by atoms with Crippen molar-refractivity contribution >= 4 is 17.8 Å². The summed E-state index contributed by atoms with van der Waals surface area (Å²) in [5, 5.41) is 0. The van der Waals surface area contributed by atoms with Gasteiger partial charge in [0.25, 0.3) is 0 Å². The lowest BCUT2D eigenvalue weighted by Gasteiger charge is -2.24. The molecular weight excluding hydrogens is 341 g/mol. The van der Waals surface area contributed by atoms with Gasteiger partial charge in [0, 0.05) is 24.8 Å². The van der Waals surface area contributed by atoms with Gasteiger partial charge < -0.3 is 4.90 Å². The summed E-state index contributed by atoms with van der Waals surface area (Å²) in [7, 11) is 0. The highest BCUT2D eigenvalue weighted by Crippen LogP contribution is 2.19. The molecule has 1 aromatic heterocycles. The molecule has 144 valence electrons.